The summed E-state index contributed by atoms with van der Waals surface area (Å²) in [5, 5.41) is 2.67. The number of rotatable bonds is 4. The highest BCUT2D eigenvalue weighted by molar-refractivity contribution is 5.98. The number of anilines is 1. The first-order valence-electron chi connectivity index (χ1n) is 8.44. The average Bonchev–Trinajstić information content (AvgIpc) is 2.61. The van der Waals surface area contributed by atoms with Crippen molar-refractivity contribution in [2.75, 3.05) is 18.5 Å². The Morgan fingerprint density at radius 3 is 2.65 bits per heavy atom. The van der Waals surface area contributed by atoms with Crippen molar-refractivity contribution in [2.45, 2.75) is 26.4 Å². The predicted octanol–water partition coefficient (Wildman–Crippen LogP) is 2.81. The fourth-order valence-electron chi connectivity index (χ4n) is 2.81. The monoisotopic (exact) mass is 356 g/mol. The molecule has 0 spiro atoms. The molecule has 2 aromatic rings. The Labute approximate surface area is 151 Å². The van der Waals surface area contributed by atoms with Crippen LogP contribution in [0.4, 0.5) is 10.1 Å². The van der Waals surface area contributed by atoms with Crippen LogP contribution < -0.4 is 5.32 Å². The first kappa shape index (κ1) is 18.1. The molecule has 1 aliphatic rings. The third-order valence-electron chi connectivity index (χ3n) is 4.41. The first-order chi connectivity index (χ1) is 12.4. The molecule has 136 valence electrons. The zero-order valence-corrected chi connectivity index (χ0v) is 14.8. The van der Waals surface area contributed by atoms with Crippen molar-refractivity contribution < 1.29 is 18.7 Å². The van der Waals surface area contributed by atoms with Crippen LogP contribution in [0.5, 0.6) is 0 Å². The van der Waals surface area contributed by atoms with E-state index in [1.54, 1.807) is 19.1 Å². The first-order valence-corrected chi connectivity index (χ1v) is 8.44. The summed E-state index contributed by atoms with van der Waals surface area (Å²) in [6.07, 6.45) is 0. The molecule has 6 heteroatoms. The number of nitrogens with zero attached hydrogens (tertiary/aromatic N) is 1. The second kappa shape index (κ2) is 7.66. The van der Waals surface area contributed by atoms with E-state index in [2.05, 4.69) is 5.32 Å². The standard InChI is InChI=1S/C20H21FN2O3/c1-13-3-6-15(7-4-13)10-23-18(11-26-12-19(23)24)20(25)22-16-8-5-14(2)17(21)9-16/h3-9,18H,10-12H2,1-2H3,(H,22,25)/t18-/m0/s1. The summed E-state index contributed by atoms with van der Waals surface area (Å²) in [6, 6.07) is 11.5. The van der Waals surface area contributed by atoms with Gasteiger partial charge in [-0.1, -0.05) is 35.9 Å². The van der Waals surface area contributed by atoms with Gasteiger partial charge in [0.25, 0.3) is 0 Å². The van der Waals surface area contributed by atoms with Gasteiger partial charge >= 0.3 is 0 Å². The zero-order valence-electron chi connectivity index (χ0n) is 14.8. The molecule has 1 heterocycles. The molecule has 0 aliphatic carbocycles. The number of amides is 2. The molecule has 1 aliphatic heterocycles. The van der Waals surface area contributed by atoms with Gasteiger partial charge in [0, 0.05) is 12.2 Å². The smallest absolute Gasteiger partial charge is 0.249 e. The Balaban J connectivity index is 1.76. The zero-order chi connectivity index (χ0) is 18.7. The maximum absolute atomic E-state index is 13.7. The molecular weight excluding hydrogens is 335 g/mol. The number of aryl methyl sites for hydroxylation is 2. The summed E-state index contributed by atoms with van der Waals surface area (Å²) in [4.78, 5) is 26.5. The van der Waals surface area contributed by atoms with Gasteiger partial charge in [0.05, 0.1) is 6.61 Å². The number of ether oxygens (including phenoxy) is 1. The lowest BCUT2D eigenvalue weighted by Crippen LogP contribution is -2.54. The largest absolute Gasteiger partial charge is 0.369 e. The van der Waals surface area contributed by atoms with Crippen molar-refractivity contribution in [3.05, 3.63) is 65.0 Å². The van der Waals surface area contributed by atoms with Crippen LogP contribution in [-0.4, -0.2) is 36.0 Å². The highest BCUT2D eigenvalue weighted by atomic mass is 19.1. The molecule has 2 amide bonds. The summed E-state index contributed by atoms with van der Waals surface area (Å²) in [5.41, 5.74) is 2.91. The normalized spacial score (nSPS) is 17.3. The van der Waals surface area contributed by atoms with E-state index in [4.69, 9.17) is 4.74 Å². The van der Waals surface area contributed by atoms with Gasteiger partial charge < -0.3 is 15.0 Å². The highest BCUT2D eigenvalue weighted by Gasteiger charge is 2.34. The van der Waals surface area contributed by atoms with E-state index in [1.807, 2.05) is 31.2 Å². The summed E-state index contributed by atoms with van der Waals surface area (Å²) in [6.45, 7) is 4.02. The molecule has 3 rings (SSSR count). The van der Waals surface area contributed by atoms with Crippen molar-refractivity contribution in [2.24, 2.45) is 0 Å². The van der Waals surface area contributed by atoms with Crippen LogP contribution in [0.15, 0.2) is 42.5 Å². The second-order valence-electron chi connectivity index (χ2n) is 6.49. The molecule has 0 saturated carbocycles. The molecule has 0 bridgehead atoms. The Morgan fingerprint density at radius 1 is 1.23 bits per heavy atom. The number of hydrogen-bond donors (Lipinski definition) is 1. The van der Waals surface area contributed by atoms with Crippen LogP contribution in [-0.2, 0) is 20.9 Å². The number of carbonyl (C=O) groups is 2. The third-order valence-corrected chi connectivity index (χ3v) is 4.41. The summed E-state index contributed by atoms with van der Waals surface area (Å²) in [5.74, 6) is -1.03. The SMILES string of the molecule is Cc1ccc(CN2C(=O)COC[C@H]2C(=O)Nc2ccc(C)c(F)c2)cc1. The van der Waals surface area contributed by atoms with Crippen LogP contribution in [0, 0.1) is 19.7 Å². The molecule has 2 aromatic carbocycles. The lowest BCUT2D eigenvalue weighted by atomic mass is 10.1. The molecule has 1 saturated heterocycles. The van der Waals surface area contributed by atoms with Crippen molar-refractivity contribution in [3.8, 4) is 0 Å². The number of halogens is 1. The van der Waals surface area contributed by atoms with Gasteiger partial charge in [0.15, 0.2) is 0 Å². The van der Waals surface area contributed by atoms with E-state index in [0.717, 1.165) is 11.1 Å². The van der Waals surface area contributed by atoms with E-state index >= 15 is 0 Å². The van der Waals surface area contributed by atoms with Crippen molar-refractivity contribution in [1.29, 1.82) is 0 Å². The Hall–Kier alpha value is -2.73. The van der Waals surface area contributed by atoms with Crippen molar-refractivity contribution in [3.63, 3.8) is 0 Å². The summed E-state index contributed by atoms with van der Waals surface area (Å²) >= 11 is 0. The van der Waals surface area contributed by atoms with Crippen LogP contribution in [0.2, 0.25) is 0 Å². The molecule has 0 aromatic heterocycles. The lowest BCUT2D eigenvalue weighted by Gasteiger charge is -2.34. The maximum atomic E-state index is 13.7. The van der Waals surface area contributed by atoms with E-state index < -0.39 is 17.8 Å². The number of nitrogens with one attached hydrogen (secondary N) is 1. The number of morpholine rings is 1. The average molecular weight is 356 g/mol. The topological polar surface area (TPSA) is 58.6 Å². The molecule has 0 unspecified atom stereocenters. The Morgan fingerprint density at radius 2 is 1.96 bits per heavy atom. The van der Waals surface area contributed by atoms with Gasteiger partial charge in [-0.3, -0.25) is 9.59 Å². The van der Waals surface area contributed by atoms with Crippen LogP contribution in [0.3, 0.4) is 0 Å². The quantitative estimate of drug-likeness (QED) is 0.916. The summed E-state index contributed by atoms with van der Waals surface area (Å²) < 4.78 is 18.9. The molecular formula is C20H21FN2O3. The molecule has 1 N–H and O–H groups in total. The van der Waals surface area contributed by atoms with Crippen LogP contribution in [0.25, 0.3) is 0 Å². The highest BCUT2D eigenvalue weighted by Crippen LogP contribution is 2.18. The van der Waals surface area contributed by atoms with Gasteiger partial charge in [0.2, 0.25) is 11.8 Å². The van der Waals surface area contributed by atoms with Crippen LogP contribution in [0.1, 0.15) is 16.7 Å². The second-order valence-corrected chi connectivity index (χ2v) is 6.49. The van der Waals surface area contributed by atoms with E-state index in [9.17, 15) is 14.0 Å². The van der Waals surface area contributed by atoms with Crippen molar-refractivity contribution >= 4 is 17.5 Å². The molecule has 5 nitrogen and oxygen atoms in total. The Bertz CT molecular complexity index is 820. The molecule has 26 heavy (non-hydrogen) atoms. The number of hydrogen-bond acceptors (Lipinski definition) is 3. The lowest BCUT2D eigenvalue weighted by molar-refractivity contribution is -0.154. The summed E-state index contributed by atoms with van der Waals surface area (Å²) in [7, 11) is 0. The van der Waals surface area contributed by atoms with E-state index in [0.29, 0.717) is 17.8 Å². The van der Waals surface area contributed by atoms with Gasteiger partial charge in [-0.2, -0.15) is 0 Å². The van der Waals surface area contributed by atoms with Gasteiger partial charge in [-0.15, -0.1) is 0 Å². The third kappa shape index (κ3) is 4.08. The minimum Gasteiger partial charge on any atom is -0.369 e. The van der Waals surface area contributed by atoms with Gasteiger partial charge in [-0.05, 0) is 37.1 Å². The Kier molecular flexibility index (Phi) is 5.32. The minimum absolute atomic E-state index is 0.0468. The maximum Gasteiger partial charge on any atom is 0.249 e. The predicted molar refractivity (Wildman–Crippen MR) is 96.1 cm³/mol. The van der Waals surface area contributed by atoms with Crippen LogP contribution >= 0.6 is 0 Å². The van der Waals surface area contributed by atoms with Gasteiger partial charge in [-0.25, -0.2) is 4.39 Å². The number of carbonyl (C=O) groups excluding carboxylic acids is 2. The molecule has 1 fully saturated rings. The van der Waals surface area contributed by atoms with E-state index in [1.165, 1.54) is 11.0 Å². The fraction of sp³-hybridized carbons (Fsp3) is 0.300. The van der Waals surface area contributed by atoms with E-state index in [-0.39, 0.29) is 19.1 Å². The molecule has 1 atom stereocenters. The minimum atomic E-state index is -0.762. The molecule has 0 radical (unpaired) electrons. The number of benzene rings is 2. The fourth-order valence-corrected chi connectivity index (χ4v) is 2.81. The van der Waals surface area contributed by atoms with Crippen molar-refractivity contribution in [1.82, 2.24) is 4.90 Å². The van der Waals surface area contributed by atoms with Gasteiger partial charge in [0.1, 0.15) is 18.5 Å².